The zero-order valence-corrected chi connectivity index (χ0v) is 14.3. The van der Waals surface area contributed by atoms with Crippen LogP contribution in [0.5, 0.6) is 0 Å². The van der Waals surface area contributed by atoms with E-state index in [9.17, 15) is 14.7 Å². The van der Waals surface area contributed by atoms with E-state index >= 15 is 0 Å². The molecule has 0 bridgehead atoms. The van der Waals surface area contributed by atoms with Crippen molar-refractivity contribution in [3.05, 3.63) is 34.9 Å². The van der Waals surface area contributed by atoms with Gasteiger partial charge in [0.2, 0.25) is 0 Å². The minimum Gasteiger partial charge on any atom is -0.481 e. The Morgan fingerprint density at radius 2 is 2.09 bits per heavy atom. The van der Waals surface area contributed by atoms with Crippen molar-refractivity contribution in [2.45, 2.75) is 51.2 Å². The number of ether oxygens (including phenoxy) is 1. The van der Waals surface area contributed by atoms with Gasteiger partial charge in [-0.1, -0.05) is 23.7 Å². The van der Waals surface area contributed by atoms with E-state index in [0.29, 0.717) is 23.6 Å². The average Bonchev–Trinajstić information content (AvgIpc) is 2.85. The Hall–Kier alpha value is -1.75. The van der Waals surface area contributed by atoms with E-state index in [-0.39, 0.29) is 0 Å². The van der Waals surface area contributed by atoms with E-state index in [0.717, 1.165) is 6.42 Å². The number of carboxylic acid groups (broad SMARTS) is 1. The Balaban J connectivity index is 2.28. The highest BCUT2D eigenvalue weighted by molar-refractivity contribution is 6.30. The zero-order chi connectivity index (χ0) is 17.2. The smallest absolute Gasteiger partial charge is 0.410 e. The van der Waals surface area contributed by atoms with Crippen LogP contribution in [0.3, 0.4) is 0 Å². The summed E-state index contributed by atoms with van der Waals surface area (Å²) < 4.78 is 5.41. The van der Waals surface area contributed by atoms with Gasteiger partial charge in [-0.05, 0) is 51.3 Å². The molecule has 0 aliphatic carbocycles. The number of carbonyl (C=O) groups is 2. The van der Waals surface area contributed by atoms with Gasteiger partial charge < -0.3 is 14.7 Å². The van der Waals surface area contributed by atoms with Gasteiger partial charge >= 0.3 is 12.1 Å². The van der Waals surface area contributed by atoms with E-state index in [2.05, 4.69) is 0 Å². The fourth-order valence-corrected chi connectivity index (χ4v) is 3.11. The van der Waals surface area contributed by atoms with Crippen molar-refractivity contribution in [3.8, 4) is 0 Å². The van der Waals surface area contributed by atoms with Crippen molar-refractivity contribution >= 4 is 23.7 Å². The maximum atomic E-state index is 12.4. The Kier molecular flexibility index (Phi) is 5.19. The molecule has 1 fully saturated rings. The summed E-state index contributed by atoms with van der Waals surface area (Å²) in [6.45, 7) is 5.88. The molecule has 0 spiro atoms. The van der Waals surface area contributed by atoms with Crippen molar-refractivity contribution in [3.63, 3.8) is 0 Å². The predicted octanol–water partition coefficient (Wildman–Crippen LogP) is 3.91. The molecule has 2 unspecified atom stereocenters. The second kappa shape index (κ2) is 6.79. The Morgan fingerprint density at radius 1 is 1.39 bits per heavy atom. The number of aliphatic carboxylic acids is 1. The number of rotatable bonds is 3. The summed E-state index contributed by atoms with van der Waals surface area (Å²) in [6.07, 6.45) is 0.921. The zero-order valence-electron chi connectivity index (χ0n) is 13.6. The molecular formula is C17H22ClNO4. The number of likely N-dealkylation sites (tertiary alicyclic amines) is 1. The summed E-state index contributed by atoms with van der Waals surface area (Å²) in [5.41, 5.74) is -0.00983. The lowest BCUT2D eigenvalue weighted by Gasteiger charge is -2.31. The van der Waals surface area contributed by atoms with Crippen molar-refractivity contribution in [1.29, 1.82) is 0 Å². The molecule has 6 heteroatoms. The predicted molar refractivity (Wildman–Crippen MR) is 87.8 cm³/mol. The van der Waals surface area contributed by atoms with Crippen LogP contribution < -0.4 is 0 Å². The molecule has 1 aromatic rings. The van der Waals surface area contributed by atoms with Crippen molar-refractivity contribution < 1.29 is 19.4 Å². The van der Waals surface area contributed by atoms with Crippen LogP contribution in [0.15, 0.2) is 24.3 Å². The Labute approximate surface area is 141 Å². The summed E-state index contributed by atoms with van der Waals surface area (Å²) >= 11 is 5.99. The normalized spacial score (nSPS) is 19.5. The minimum absolute atomic E-state index is 0.430. The van der Waals surface area contributed by atoms with E-state index in [1.165, 1.54) is 4.90 Å². The first kappa shape index (κ1) is 17.6. The second-order valence-corrected chi connectivity index (χ2v) is 7.19. The molecule has 1 aliphatic heterocycles. The van der Waals surface area contributed by atoms with Crippen LogP contribution >= 0.6 is 11.6 Å². The molecule has 0 radical (unpaired) electrons. The maximum Gasteiger partial charge on any atom is 0.410 e. The topological polar surface area (TPSA) is 66.8 Å². The summed E-state index contributed by atoms with van der Waals surface area (Å²) in [4.78, 5) is 25.7. The van der Waals surface area contributed by atoms with Gasteiger partial charge in [0.25, 0.3) is 0 Å². The Morgan fingerprint density at radius 3 is 2.65 bits per heavy atom. The highest BCUT2D eigenvalue weighted by Gasteiger charge is 2.41. The van der Waals surface area contributed by atoms with Crippen molar-refractivity contribution in [2.75, 3.05) is 6.54 Å². The van der Waals surface area contributed by atoms with Gasteiger partial charge in [-0.25, -0.2) is 4.79 Å². The molecule has 23 heavy (non-hydrogen) atoms. The fraction of sp³-hybridized carbons (Fsp3) is 0.529. The molecule has 1 heterocycles. The molecule has 1 aliphatic rings. The van der Waals surface area contributed by atoms with Gasteiger partial charge in [0.15, 0.2) is 0 Å². The summed E-state index contributed by atoms with van der Waals surface area (Å²) in [7, 11) is 0. The number of hydrogen-bond donors (Lipinski definition) is 1. The van der Waals surface area contributed by atoms with Gasteiger partial charge in [-0.3, -0.25) is 4.79 Å². The molecule has 0 aromatic heterocycles. The molecular weight excluding hydrogens is 318 g/mol. The van der Waals surface area contributed by atoms with Gasteiger partial charge in [0, 0.05) is 11.6 Å². The van der Waals surface area contributed by atoms with E-state index < -0.39 is 29.6 Å². The third-order valence-electron chi connectivity index (χ3n) is 3.79. The summed E-state index contributed by atoms with van der Waals surface area (Å²) in [6, 6.07) is 6.37. The molecule has 1 N–H and O–H groups in total. The number of nitrogens with zero attached hydrogens (tertiary/aromatic N) is 1. The quantitative estimate of drug-likeness (QED) is 0.906. The summed E-state index contributed by atoms with van der Waals surface area (Å²) in [5, 5.41) is 10.2. The average molecular weight is 340 g/mol. The molecule has 2 rings (SSSR count). The van der Waals surface area contributed by atoms with E-state index in [4.69, 9.17) is 16.3 Å². The Bertz CT molecular complexity index is 597. The van der Waals surface area contributed by atoms with Gasteiger partial charge in [-0.2, -0.15) is 0 Å². The highest BCUT2D eigenvalue weighted by atomic mass is 35.5. The van der Waals surface area contributed by atoms with Gasteiger partial charge in [0.05, 0.1) is 6.04 Å². The molecule has 1 saturated heterocycles. The molecule has 5 nitrogen and oxygen atoms in total. The van der Waals surface area contributed by atoms with Crippen molar-refractivity contribution in [1.82, 2.24) is 4.90 Å². The van der Waals surface area contributed by atoms with E-state index in [1.54, 1.807) is 45.0 Å². The second-order valence-electron chi connectivity index (χ2n) is 6.75. The summed E-state index contributed by atoms with van der Waals surface area (Å²) in [5.74, 6) is -1.78. The molecule has 2 atom stereocenters. The van der Waals surface area contributed by atoms with Crippen LogP contribution in [0.25, 0.3) is 0 Å². The van der Waals surface area contributed by atoms with Gasteiger partial charge in [0.1, 0.15) is 11.5 Å². The molecule has 1 aromatic carbocycles. The maximum absolute atomic E-state index is 12.4. The number of carboxylic acids is 1. The SMILES string of the molecule is CC(C)(C)OC(=O)N1CCCC1C(C(=O)O)c1cccc(Cl)c1. The first-order valence-electron chi connectivity index (χ1n) is 7.67. The lowest BCUT2D eigenvalue weighted by atomic mass is 9.90. The van der Waals surface area contributed by atoms with Crippen LogP contribution in [0.4, 0.5) is 4.79 Å². The number of benzene rings is 1. The number of amides is 1. The standard InChI is InChI=1S/C17H22ClNO4/c1-17(2,3)23-16(22)19-9-5-8-13(19)14(15(20)21)11-6-4-7-12(18)10-11/h4,6-7,10,13-14H,5,8-9H2,1-3H3,(H,20,21). The lowest BCUT2D eigenvalue weighted by Crippen LogP contribution is -2.44. The lowest BCUT2D eigenvalue weighted by molar-refractivity contribution is -0.140. The number of carbonyl (C=O) groups excluding carboxylic acids is 1. The van der Waals surface area contributed by atoms with Crippen LogP contribution in [-0.4, -0.2) is 40.3 Å². The van der Waals surface area contributed by atoms with Gasteiger partial charge in [-0.15, -0.1) is 0 Å². The minimum atomic E-state index is -0.965. The monoisotopic (exact) mass is 339 g/mol. The fourth-order valence-electron chi connectivity index (χ4n) is 2.92. The first-order valence-corrected chi connectivity index (χ1v) is 8.05. The molecule has 126 valence electrons. The third-order valence-corrected chi connectivity index (χ3v) is 4.02. The van der Waals surface area contributed by atoms with Crippen molar-refractivity contribution in [2.24, 2.45) is 0 Å². The van der Waals surface area contributed by atoms with Crippen LogP contribution in [0.1, 0.15) is 45.1 Å². The molecule has 0 saturated carbocycles. The molecule has 1 amide bonds. The largest absolute Gasteiger partial charge is 0.481 e. The van der Waals surface area contributed by atoms with Crippen LogP contribution in [0.2, 0.25) is 5.02 Å². The van der Waals surface area contributed by atoms with Crippen LogP contribution in [0, 0.1) is 0 Å². The number of hydrogen-bond acceptors (Lipinski definition) is 3. The third kappa shape index (κ3) is 4.38. The number of halogens is 1. The highest BCUT2D eigenvalue weighted by Crippen LogP contribution is 2.33. The van der Waals surface area contributed by atoms with Crippen LogP contribution in [-0.2, 0) is 9.53 Å². The van der Waals surface area contributed by atoms with E-state index in [1.807, 2.05) is 0 Å². The first-order chi connectivity index (χ1) is 10.7.